The van der Waals surface area contributed by atoms with Crippen LogP contribution in [0.15, 0.2) is 48.5 Å². The van der Waals surface area contributed by atoms with E-state index in [1.807, 2.05) is 29.2 Å². The molecule has 0 radical (unpaired) electrons. The van der Waals surface area contributed by atoms with E-state index in [9.17, 15) is 13.2 Å². The van der Waals surface area contributed by atoms with Crippen molar-refractivity contribution in [2.24, 2.45) is 0 Å². The topological polar surface area (TPSA) is 60.9 Å². The van der Waals surface area contributed by atoms with Crippen molar-refractivity contribution >= 4 is 21.4 Å². The van der Waals surface area contributed by atoms with E-state index in [0.29, 0.717) is 38.3 Å². The maximum Gasteiger partial charge on any atom is 0.253 e. The van der Waals surface area contributed by atoms with E-state index in [1.165, 1.54) is 17.4 Å². The van der Waals surface area contributed by atoms with E-state index in [2.05, 4.69) is 34.1 Å². The number of sulfone groups is 1. The minimum absolute atomic E-state index is 0.0494. The zero-order valence-corrected chi connectivity index (χ0v) is 18.3. The predicted octanol–water partition coefficient (Wildman–Crippen LogP) is 2.05. The number of amides is 1. The van der Waals surface area contributed by atoms with Gasteiger partial charge in [-0.1, -0.05) is 24.3 Å². The lowest BCUT2D eigenvalue weighted by molar-refractivity contribution is 0.0644. The maximum atomic E-state index is 12.9. The van der Waals surface area contributed by atoms with Crippen molar-refractivity contribution in [2.75, 3.05) is 56.2 Å². The molecule has 4 rings (SSSR count). The van der Waals surface area contributed by atoms with Gasteiger partial charge >= 0.3 is 0 Å². The summed E-state index contributed by atoms with van der Waals surface area (Å²) < 4.78 is 22.7. The van der Waals surface area contributed by atoms with Gasteiger partial charge in [0.15, 0.2) is 0 Å². The molecule has 0 aliphatic carbocycles. The highest BCUT2D eigenvalue weighted by Crippen LogP contribution is 2.25. The third-order valence-corrected chi connectivity index (χ3v) is 6.97. The lowest BCUT2D eigenvalue weighted by Gasteiger charge is -2.34. The molecule has 0 N–H and O–H groups in total. The van der Waals surface area contributed by atoms with Crippen molar-refractivity contribution in [1.82, 2.24) is 9.80 Å². The molecular formula is C23H29N3O3S. The average molecular weight is 428 g/mol. The first-order chi connectivity index (χ1) is 14.4. The quantitative estimate of drug-likeness (QED) is 0.731. The van der Waals surface area contributed by atoms with Crippen LogP contribution in [-0.2, 0) is 22.8 Å². The fourth-order valence-electron chi connectivity index (χ4n) is 4.18. The molecule has 2 aliphatic rings. The molecule has 6 nitrogen and oxygen atoms in total. The molecular weight excluding hydrogens is 398 g/mol. The number of carbonyl (C=O) groups is 1. The Morgan fingerprint density at radius 1 is 0.900 bits per heavy atom. The molecule has 0 saturated carbocycles. The Kier molecular flexibility index (Phi) is 6.11. The summed E-state index contributed by atoms with van der Waals surface area (Å²) in [6, 6.07) is 16.5. The van der Waals surface area contributed by atoms with Gasteiger partial charge in [-0.15, -0.1) is 0 Å². The molecule has 2 aromatic carbocycles. The van der Waals surface area contributed by atoms with Gasteiger partial charge in [0, 0.05) is 63.3 Å². The number of rotatable bonds is 5. The highest BCUT2D eigenvalue weighted by Gasteiger charge is 2.23. The van der Waals surface area contributed by atoms with Gasteiger partial charge in [-0.2, -0.15) is 0 Å². The Morgan fingerprint density at radius 2 is 1.57 bits per heavy atom. The van der Waals surface area contributed by atoms with E-state index in [-0.39, 0.29) is 11.7 Å². The summed E-state index contributed by atoms with van der Waals surface area (Å²) in [7, 11) is -2.95. The number of hydrogen-bond acceptors (Lipinski definition) is 5. The number of piperazine rings is 1. The van der Waals surface area contributed by atoms with Gasteiger partial charge in [-0.3, -0.25) is 9.69 Å². The molecule has 0 bridgehead atoms. The van der Waals surface area contributed by atoms with E-state index < -0.39 is 9.84 Å². The lowest BCUT2D eigenvalue weighted by Crippen LogP contribution is -2.49. The standard InChI is InChI=1S/C23H29N3O3S/c1-30(28,29)17-16-24-12-14-25(15-13-24)23(27)20-6-8-22(9-7-20)26-11-10-19-4-2-3-5-21(19)18-26/h2-9H,10-18H2,1H3. The Balaban J connectivity index is 1.33. The second-order valence-electron chi connectivity index (χ2n) is 8.25. The van der Waals surface area contributed by atoms with Crippen molar-refractivity contribution < 1.29 is 13.2 Å². The normalized spacial score (nSPS) is 17.6. The van der Waals surface area contributed by atoms with Crippen LogP contribution >= 0.6 is 0 Å². The monoisotopic (exact) mass is 427 g/mol. The number of benzene rings is 2. The molecule has 1 saturated heterocycles. The lowest BCUT2D eigenvalue weighted by atomic mass is 9.99. The molecule has 30 heavy (non-hydrogen) atoms. The predicted molar refractivity (Wildman–Crippen MR) is 120 cm³/mol. The number of carbonyl (C=O) groups excluding carboxylic acids is 1. The van der Waals surface area contributed by atoms with E-state index in [4.69, 9.17) is 0 Å². The van der Waals surface area contributed by atoms with Crippen molar-refractivity contribution in [3.63, 3.8) is 0 Å². The summed E-state index contributed by atoms with van der Waals surface area (Å²) in [4.78, 5) is 19.2. The smallest absolute Gasteiger partial charge is 0.253 e. The summed E-state index contributed by atoms with van der Waals surface area (Å²) >= 11 is 0. The largest absolute Gasteiger partial charge is 0.367 e. The number of nitrogens with zero attached hydrogens (tertiary/aromatic N) is 3. The highest BCUT2D eigenvalue weighted by molar-refractivity contribution is 7.90. The van der Waals surface area contributed by atoms with Crippen molar-refractivity contribution in [3.8, 4) is 0 Å². The molecule has 2 aromatic rings. The van der Waals surface area contributed by atoms with Crippen LogP contribution in [0.25, 0.3) is 0 Å². The fraction of sp³-hybridized carbons (Fsp3) is 0.435. The first-order valence-corrected chi connectivity index (χ1v) is 12.6. The zero-order chi connectivity index (χ0) is 21.1. The number of fused-ring (bicyclic) bond motifs is 1. The molecule has 2 aliphatic heterocycles. The zero-order valence-electron chi connectivity index (χ0n) is 17.5. The number of hydrogen-bond donors (Lipinski definition) is 0. The first-order valence-electron chi connectivity index (χ1n) is 10.5. The van der Waals surface area contributed by atoms with Gasteiger partial charge in [0.1, 0.15) is 9.84 Å². The third kappa shape index (κ3) is 5.02. The van der Waals surface area contributed by atoms with Crippen LogP contribution in [0.2, 0.25) is 0 Å². The Morgan fingerprint density at radius 3 is 2.23 bits per heavy atom. The third-order valence-electron chi connectivity index (χ3n) is 6.05. The second-order valence-corrected chi connectivity index (χ2v) is 10.5. The molecule has 160 valence electrons. The Hall–Kier alpha value is -2.38. The van der Waals surface area contributed by atoms with Gasteiger partial charge < -0.3 is 9.80 Å². The SMILES string of the molecule is CS(=O)(=O)CCN1CCN(C(=O)c2ccc(N3CCc4ccccc4C3)cc2)CC1. The molecule has 0 spiro atoms. The first kappa shape index (κ1) is 20.9. The van der Waals surface area contributed by atoms with Crippen LogP contribution in [0.4, 0.5) is 5.69 Å². The molecule has 7 heteroatoms. The van der Waals surface area contributed by atoms with Crippen molar-refractivity contribution in [1.29, 1.82) is 0 Å². The molecule has 1 fully saturated rings. The minimum atomic E-state index is -2.95. The fourth-order valence-corrected chi connectivity index (χ4v) is 4.77. The van der Waals surface area contributed by atoms with E-state index in [0.717, 1.165) is 25.2 Å². The van der Waals surface area contributed by atoms with E-state index in [1.54, 1.807) is 0 Å². The molecule has 2 heterocycles. The van der Waals surface area contributed by atoms with Gasteiger partial charge in [-0.05, 0) is 41.8 Å². The van der Waals surface area contributed by atoms with Crippen LogP contribution in [-0.4, -0.2) is 75.4 Å². The van der Waals surface area contributed by atoms with E-state index >= 15 is 0 Å². The summed E-state index contributed by atoms with van der Waals surface area (Å²) in [6.07, 6.45) is 2.31. The molecule has 0 unspecified atom stereocenters. The maximum absolute atomic E-state index is 12.9. The molecule has 0 atom stereocenters. The summed E-state index contributed by atoms with van der Waals surface area (Å²) in [5.41, 5.74) is 4.65. The highest BCUT2D eigenvalue weighted by atomic mass is 32.2. The van der Waals surface area contributed by atoms with Crippen LogP contribution < -0.4 is 4.90 Å². The van der Waals surface area contributed by atoms with Gasteiger partial charge in [0.25, 0.3) is 5.91 Å². The second kappa shape index (κ2) is 8.78. The summed E-state index contributed by atoms with van der Waals surface area (Å²) in [6.45, 7) is 5.12. The van der Waals surface area contributed by atoms with Gasteiger partial charge in [-0.25, -0.2) is 8.42 Å². The summed E-state index contributed by atoms with van der Waals surface area (Å²) in [5, 5.41) is 0. The summed E-state index contributed by atoms with van der Waals surface area (Å²) in [5.74, 6) is 0.219. The minimum Gasteiger partial charge on any atom is -0.367 e. The van der Waals surface area contributed by atoms with Gasteiger partial charge in [0.05, 0.1) is 5.75 Å². The van der Waals surface area contributed by atoms with Gasteiger partial charge in [0.2, 0.25) is 0 Å². The van der Waals surface area contributed by atoms with Crippen LogP contribution in [0.3, 0.4) is 0 Å². The Labute approximate surface area is 179 Å². The van der Waals surface area contributed by atoms with Crippen LogP contribution in [0.5, 0.6) is 0 Å². The molecule has 1 amide bonds. The number of anilines is 1. The van der Waals surface area contributed by atoms with Crippen molar-refractivity contribution in [3.05, 3.63) is 65.2 Å². The van der Waals surface area contributed by atoms with Crippen LogP contribution in [0.1, 0.15) is 21.5 Å². The molecule has 0 aromatic heterocycles. The van der Waals surface area contributed by atoms with Crippen LogP contribution in [0, 0.1) is 0 Å². The Bertz CT molecular complexity index is 997. The van der Waals surface area contributed by atoms with Crippen molar-refractivity contribution in [2.45, 2.75) is 13.0 Å². The average Bonchev–Trinajstić information content (AvgIpc) is 2.77.